The number of carbonyl (C=O) groups is 1. The molecule has 4 rings (SSSR count). The molecule has 0 bridgehead atoms. The third-order valence-corrected chi connectivity index (χ3v) is 6.11. The number of thioether (sulfide) groups is 1. The number of rotatable bonds is 8. The Morgan fingerprint density at radius 3 is 2.10 bits per heavy atom. The number of amides is 1. The Morgan fingerprint density at radius 2 is 1.54 bits per heavy atom. The maximum Gasteiger partial charge on any atom is 0.416 e. The molecule has 1 amide bonds. The lowest BCUT2D eigenvalue weighted by Gasteiger charge is -2.15. The molecule has 0 aliphatic rings. The number of nitrogens with one attached hydrogen (secondary N) is 1. The minimum absolute atomic E-state index is 0.00959. The van der Waals surface area contributed by atoms with Gasteiger partial charge in [0.25, 0.3) is 0 Å². The monoisotopic (exact) mass is 567 g/mol. The van der Waals surface area contributed by atoms with Crippen LogP contribution in [0.4, 0.5) is 32.0 Å². The molecule has 0 spiro atoms. The average Bonchev–Trinajstić information content (AvgIpc) is 3.31. The number of pyridine rings is 1. The van der Waals surface area contributed by atoms with Crippen LogP contribution in [-0.2, 0) is 17.1 Å². The number of ether oxygens (including phenoxy) is 1. The Kier molecular flexibility index (Phi) is 8.14. The molecule has 39 heavy (non-hydrogen) atoms. The normalized spacial score (nSPS) is 11.9. The number of alkyl halides is 6. The summed E-state index contributed by atoms with van der Waals surface area (Å²) < 4.78 is 86.0. The molecule has 0 saturated heterocycles. The highest BCUT2D eigenvalue weighted by atomic mass is 32.2. The summed E-state index contributed by atoms with van der Waals surface area (Å²) in [7, 11) is 0. The van der Waals surface area contributed by atoms with E-state index in [1.807, 2.05) is 6.92 Å². The Morgan fingerprint density at radius 1 is 0.923 bits per heavy atom. The number of halogens is 6. The smallest absolute Gasteiger partial charge is 0.416 e. The minimum atomic E-state index is -5.03. The lowest BCUT2D eigenvalue weighted by atomic mass is 10.1. The molecule has 1 N–H and O–H groups in total. The van der Waals surface area contributed by atoms with Crippen LogP contribution in [0, 0.1) is 0 Å². The van der Waals surface area contributed by atoms with Gasteiger partial charge in [0, 0.05) is 29.3 Å². The van der Waals surface area contributed by atoms with Gasteiger partial charge in [-0.05, 0) is 61.5 Å². The van der Waals surface area contributed by atoms with Gasteiger partial charge in [-0.3, -0.25) is 14.3 Å². The Labute approximate surface area is 222 Å². The zero-order valence-corrected chi connectivity index (χ0v) is 20.9. The topological polar surface area (TPSA) is 81.9 Å². The van der Waals surface area contributed by atoms with Crippen molar-refractivity contribution >= 4 is 23.4 Å². The van der Waals surface area contributed by atoms with Crippen molar-refractivity contribution in [1.82, 2.24) is 19.7 Å². The second-order valence-electron chi connectivity index (χ2n) is 7.94. The van der Waals surface area contributed by atoms with Gasteiger partial charge in [0.15, 0.2) is 11.0 Å². The largest absolute Gasteiger partial charge is 0.494 e. The number of anilines is 1. The van der Waals surface area contributed by atoms with Crippen LogP contribution >= 0.6 is 11.8 Å². The fourth-order valence-electron chi connectivity index (χ4n) is 3.50. The van der Waals surface area contributed by atoms with Crippen molar-refractivity contribution < 1.29 is 35.9 Å². The van der Waals surface area contributed by atoms with Crippen LogP contribution in [-0.4, -0.2) is 38.0 Å². The van der Waals surface area contributed by atoms with E-state index < -0.39 is 35.1 Å². The molecule has 0 fully saturated rings. The number of carbonyl (C=O) groups excluding carboxylic acids is 1. The maximum atomic E-state index is 13.1. The molecule has 0 unspecified atom stereocenters. The molecule has 0 aliphatic heterocycles. The van der Waals surface area contributed by atoms with Crippen molar-refractivity contribution in [1.29, 1.82) is 0 Å². The average molecular weight is 568 g/mol. The lowest BCUT2D eigenvalue weighted by Crippen LogP contribution is -2.17. The van der Waals surface area contributed by atoms with Crippen LogP contribution < -0.4 is 10.1 Å². The first kappa shape index (κ1) is 28.0. The summed E-state index contributed by atoms with van der Waals surface area (Å²) in [5.74, 6) is -0.146. The van der Waals surface area contributed by atoms with E-state index in [4.69, 9.17) is 4.74 Å². The summed E-state index contributed by atoms with van der Waals surface area (Å²) in [4.78, 5) is 16.6. The van der Waals surface area contributed by atoms with Crippen LogP contribution in [0.2, 0.25) is 0 Å². The fourth-order valence-corrected chi connectivity index (χ4v) is 4.25. The number of aromatic nitrogens is 4. The van der Waals surface area contributed by atoms with Crippen LogP contribution in [0.25, 0.3) is 17.1 Å². The molecule has 0 radical (unpaired) electrons. The van der Waals surface area contributed by atoms with Crippen molar-refractivity contribution in [2.45, 2.75) is 24.4 Å². The third kappa shape index (κ3) is 6.88. The maximum absolute atomic E-state index is 13.1. The second kappa shape index (κ2) is 11.4. The summed E-state index contributed by atoms with van der Waals surface area (Å²) in [6, 6.07) is 11.3. The highest BCUT2D eigenvalue weighted by molar-refractivity contribution is 7.99. The SMILES string of the molecule is CCOc1ccc(-n2c(SCC(=O)Nc3cc(C(F)(F)F)cc(C(F)(F)F)c3)nnc2-c2ccncc2)cc1. The first-order valence-electron chi connectivity index (χ1n) is 11.3. The Bertz CT molecular complexity index is 1410. The predicted molar refractivity (Wildman–Crippen MR) is 132 cm³/mol. The van der Waals surface area contributed by atoms with E-state index in [0.717, 1.165) is 11.8 Å². The molecule has 7 nitrogen and oxygen atoms in total. The van der Waals surface area contributed by atoms with Gasteiger partial charge in [-0.15, -0.1) is 10.2 Å². The molecular weight excluding hydrogens is 548 g/mol. The Hall–Kier alpha value is -4.07. The van der Waals surface area contributed by atoms with Crippen molar-refractivity contribution in [2.24, 2.45) is 0 Å². The van der Waals surface area contributed by atoms with Crippen molar-refractivity contribution in [3.05, 3.63) is 78.1 Å². The number of hydrogen-bond acceptors (Lipinski definition) is 6. The van der Waals surface area contributed by atoms with Gasteiger partial charge in [0.1, 0.15) is 5.75 Å². The highest BCUT2D eigenvalue weighted by Crippen LogP contribution is 2.37. The van der Waals surface area contributed by atoms with E-state index in [9.17, 15) is 31.1 Å². The quantitative estimate of drug-likeness (QED) is 0.194. The van der Waals surface area contributed by atoms with Gasteiger partial charge in [-0.25, -0.2) is 0 Å². The fraction of sp³-hybridized carbons (Fsp3) is 0.200. The minimum Gasteiger partial charge on any atom is -0.494 e. The molecule has 204 valence electrons. The zero-order valence-electron chi connectivity index (χ0n) is 20.0. The van der Waals surface area contributed by atoms with Gasteiger partial charge in [0.2, 0.25) is 5.91 Å². The van der Waals surface area contributed by atoms with E-state index in [0.29, 0.717) is 41.6 Å². The van der Waals surface area contributed by atoms with Crippen molar-refractivity contribution in [2.75, 3.05) is 17.7 Å². The number of hydrogen-bond donors (Lipinski definition) is 1. The van der Waals surface area contributed by atoms with E-state index >= 15 is 0 Å². The second-order valence-corrected chi connectivity index (χ2v) is 8.88. The van der Waals surface area contributed by atoms with Gasteiger partial charge in [0.05, 0.1) is 23.5 Å². The summed E-state index contributed by atoms with van der Waals surface area (Å²) in [6.07, 6.45) is -6.94. The third-order valence-electron chi connectivity index (χ3n) is 5.18. The highest BCUT2D eigenvalue weighted by Gasteiger charge is 2.37. The van der Waals surface area contributed by atoms with Crippen LogP contribution in [0.3, 0.4) is 0 Å². The molecule has 2 aromatic heterocycles. The molecule has 14 heteroatoms. The van der Waals surface area contributed by atoms with E-state index in [-0.39, 0.29) is 17.0 Å². The predicted octanol–water partition coefficient (Wildman–Crippen LogP) is 6.50. The first-order chi connectivity index (χ1) is 18.5. The van der Waals surface area contributed by atoms with Gasteiger partial charge in [-0.1, -0.05) is 11.8 Å². The van der Waals surface area contributed by atoms with Gasteiger partial charge >= 0.3 is 12.4 Å². The molecular formula is C25H19F6N5O2S. The standard InChI is InChI=1S/C25H19F6N5O2S/c1-2-38-20-5-3-19(4-6-20)36-22(15-7-9-32-10-8-15)34-35-23(36)39-14-21(37)33-18-12-16(24(26,27)28)11-17(13-18)25(29,30)31/h3-13H,2,14H2,1H3,(H,33,37). The van der Waals surface area contributed by atoms with Crippen LogP contribution in [0.1, 0.15) is 18.1 Å². The zero-order chi connectivity index (χ0) is 28.2. The van der Waals surface area contributed by atoms with E-state index in [2.05, 4.69) is 20.5 Å². The van der Waals surface area contributed by atoms with Gasteiger partial charge < -0.3 is 10.1 Å². The molecule has 0 aliphatic carbocycles. The summed E-state index contributed by atoms with van der Waals surface area (Å²) in [5.41, 5.74) is -2.39. The summed E-state index contributed by atoms with van der Waals surface area (Å²) in [5, 5.41) is 10.7. The molecule has 4 aromatic rings. The first-order valence-corrected chi connectivity index (χ1v) is 12.3. The number of benzene rings is 2. The summed E-state index contributed by atoms with van der Waals surface area (Å²) in [6.45, 7) is 2.32. The van der Waals surface area contributed by atoms with E-state index in [1.54, 1.807) is 53.4 Å². The molecule has 2 aromatic carbocycles. The van der Waals surface area contributed by atoms with Crippen molar-refractivity contribution in [3.63, 3.8) is 0 Å². The Balaban J connectivity index is 1.59. The van der Waals surface area contributed by atoms with Crippen molar-refractivity contribution in [3.8, 4) is 22.8 Å². The lowest BCUT2D eigenvalue weighted by molar-refractivity contribution is -0.143. The number of nitrogens with zero attached hydrogens (tertiary/aromatic N) is 4. The molecule has 0 atom stereocenters. The molecule has 2 heterocycles. The van der Waals surface area contributed by atoms with Gasteiger partial charge in [-0.2, -0.15) is 26.3 Å². The van der Waals surface area contributed by atoms with E-state index in [1.165, 1.54) is 0 Å². The van der Waals surface area contributed by atoms with Crippen LogP contribution in [0.5, 0.6) is 5.75 Å². The molecule has 0 saturated carbocycles. The summed E-state index contributed by atoms with van der Waals surface area (Å²) >= 11 is 0.905. The van der Waals surface area contributed by atoms with Crippen LogP contribution in [0.15, 0.2) is 72.1 Å².